The zero-order valence-electron chi connectivity index (χ0n) is 9.14. The van der Waals surface area contributed by atoms with Gasteiger partial charge in [0, 0.05) is 13.1 Å². The lowest BCUT2D eigenvalue weighted by Gasteiger charge is -2.25. The van der Waals surface area contributed by atoms with Crippen LogP contribution in [0.25, 0.3) is 0 Å². The van der Waals surface area contributed by atoms with Gasteiger partial charge in [0.15, 0.2) is 0 Å². The van der Waals surface area contributed by atoms with Gasteiger partial charge < -0.3 is 10.1 Å². The maximum Gasteiger partial charge on any atom is 0.126 e. The molecule has 0 spiro atoms. The smallest absolute Gasteiger partial charge is 0.126 e. The number of ether oxygens (including phenoxy) is 1. The Bertz CT molecular complexity index is 359. The summed E-state index contributed by atoms with van der Waals surface area (Å²) in [4.78, 5) is 0. The van der Waals surface area contributed by atoms with E-state index in [0.29, 0.717) is 12.2 Å². The minimum Gasteiger partial charge on any atom is -0.371 e. The number of nitrogens with one attached hydrogen (secondary N) is 1. The Morgan fingerprint density at radius 2 is 2.13 bits per heavy atom. The second kappa shape index (κ2) is 4.29. The van der Waals surface area contributed by atoms with Crippen molar-refractivity contribution in [3.8, 4) is 0 Å². The first-order valence-corrected chi connectivity index (χ1v) is 5.27. The van der Waals surface area contributed by atoms with Crippen LogP contribution in [0.15, 0.2) is 12.1 Å². The third-order valence-electron chi connectivity index (χ3n) is 2.82. The molecule has 1 N–H and O–H groups in total. The Labute approximate surface area is 89.4 Å². The van der Waals surface area contributed by atoms with Crippen molar-refractivity contribution in [3.05, 3.63) is 34.6 Å². The number of hydrogen-bond acceptors (Lipinski definition) is 2. The highest BCUT2D eigenvalue weighted by Crippen LogP contribution is 2.24. The summed E-state index contributed by atoms with van der Waals surface area (Å²) in [5.74, 6) is -0.148. The van der Waals surface area contributed by atoms with Gasteiger partial charge in [0.25, 0.3) is 0 Å². The third-order valence-corrected chi connectivity index (χ3v) is 2.82. The van der Waals surface area contributed by atoms with Crippen molar-refractivity contribution >= 4 is 0 Å². The summed E-state index contributed by atoms with van der Waals surface area (Å²) >= 11 is 0. The summed E-state index contributed by atoms with van der Waals surface area (Å²) < 4.78 is 19.0. The number of rotatable bonds is 1. The van der Waals surface area contributed by atoms with E-state index in [1.165, 1.54) is 0 Å². The Morgan fingerprint density at radius 1 is 1.33 bits per heavy atom. The van der Waals surface area contributed by atoms with Gasteiger partial charge in [-0.05, 0) is 36.6 Å². The molecule has 0 radical (unpaired) electrons. The molecule has 3 heteroatoms. The second-order valence-electron chi connectivity index (χ2n) is 4.02. The SMILES string of the molecule is Cc1cc(C)c(C2CNCCO2)cc1F. The number of benzene rings is 1. The van der Waals surface area contributed by atoms with Gasteiger partial charge in [-0.1, -0.05) is 6.07 Å². The lowest BCUT2D eigenvalue weighted by Crippen LogP contribution is -2.33. The minimum atomic E-state index is -0.148. The fourth-order valence-electron chi connectivity index (χ4n) is 1.95. The zero-order chi connectivity index (χ0) is 10.8. The molecule has 2 nitrogen and oxygen atoms in total. The minimum absolute atomic E-state index is 0.00569. The average molecular weight is 209 g/mol. The van der Waals surface area contributed by atoms with Crippen LogP contribution in [-0.4, -0.2) is 19.7 Å². The molecule has 82 valence electrons. The van der Waals surface area contributed by atoms with Gasteiger partial charge >= 0.3 is 0 Å². The highest BCUT2D eigenvalue weighted by atomic mass is 19.1. The molecule has 1 aliphatic heterocycles. The van der Waals surface area contributed by atoms with Crippen LogP contribution in [0.1, 0.15) is 22.8 Å². The normalized spacial score (nSPS) is 21.7. The summed E-state index contributed by atoms with van der Waals surface area (Å²) in [5, 5.41) is 3.25. The van der Waals surface area contributed by atoms with E-state index in [2.05, 4.69) is 5.32 Å². The van der Waals surface area contributed by atoms with Crippen LogP contribution in [0.5, 0.6) is 0 Å². The van der Waals surface area contributed by atoms with Crippen LogP contribution < -0.4 is 5.32 Å². The van der Waals surface area contributed by atoms with Crippen molar-refractivity contribution in [2.75, 3.05) is 19.7 Å². The lowest BCUT2D eigenvalue weighted by molar-refractivity contribution is 0.0271. The maximum atomic E-state index is 13.4. The van der Waals surface area contributed by atoms with E-state index in [0.717, 1.165) is 24.2 Å². The average Bonchev–Trinajstić information content (AvgIpc) is 2.25. The van der Waals surface area contributed by atoms with Crippen LogP contribution in [0, 0.1) is 19.7 Å². The molecule has 1 unspecified atom stereocenters. The molecule has 1 atom stereocenters. The summed E-state index contributed by atoms with van der Waals surface area (Å²) in [5.41, 5.74) is 2.76. The van der Waals surface area contributed by atoms with Crippen LogP contribution in [0.2, 0.25) is 0 Å². The van der Waals surface area contributed by atoms with Gasteiger partial charge in [0.2, 0.25) is 0 Å². The Morgan fingerprint density at radius 3 is 2.80 bits per heavy atom. The first-order valence-electron chi connectivity index (χ1n) is 5.27. The summed E-state index contributed by atoms with van der Waals surface area (Å²) in [6.45, 7) is 6.12. The van der Waals surface area contributed by atoms with E-state index in [1.54, 1.807) is 13.0 Å². The molecular formula is C12H16FNO. The van der Waals surface area contributed by atoms with Crippen molar-refractivity contribution < 1.29 is 9.13 Å². The monoisotopic (exact) mass is 209 g/mol. The van der Waals surface area contributed by atoms with E-state index < -0.39 is 0 Å². The molecular weight excluding hydrogens is 193 g/mol. The molecule has 1 fully saturated rings. The lowest BCUT2D eigenvalue weighted by atomic mass is 10.00. The second-order valence-corrected chi connectivity index (χ2v) is 4.02. The van der Waals surface area contributed by atoms with Crippen molar-refractivity contribution in [1.82, 2.24) is 5.32 Å². The summed E-state index contributed by atoms with van der Waals surface area (Å²) in [7, 11) is 0. The predicted octanol–water partition coefficient (Wildman–Crippen LogP) is 2.10. The number of aryl methyl sites for hydroxylation is 2. The van der Waals surface area contributed by atoms with E-state index in [4.69, 9.17) is 4.74 Å². The Balaban J connectivity index is 2.30. The summed E-state index contributed by atoms with van der Waals surface area (Å²) in [6.07, 6.45) is -0.00569. The maximum absolute atomic E-state index is 13.4. The van der Waals surface area contributed by atoms with Gasteiger partial charge in [-0.2, -0.15) is 0 Å². The molecule has 1 aromatic rings. The van der Waals surface area contributed by atoms with E-state index in [1.807, 2.05) is 13.0 Å². The van der Waals surface area contributed by atoms with E-state index >= 15 is 0 Å². The van der Waals surface area contributed by atoms with E-state index in [9.17, 15) is 4.39 Å². The quantitative estimate of drug-likeness (QED) is 0.764. The van der Waals surface area contributed by atoms with Crippen molar-refractivity contribution in [1.29, 1.82) is 0 Å². The van der Waals surface area contributed by atoms with Gasteiger partial charge in [-0.25, -0.2) is 4.39 Å². The van der Waals surface area contributed by atoms with E-state index in [-0.39, 0.29) is 11.9 Å². The standard InChI is InChI=1S/C12H16FNO/c1-8-5-9(2)11(13)6-10(8)12-7-14-3-4-15-12/h5-6,12,14H,3-4,7H2,1-2H3. The number of morpholine rings is 1. The predicted molar refractivity (Wildman–Crippen MR) is 57.4 cm³/mol. The van der Waals surface area contributed by atoms with Crippen molar-refractivity contribution in [3.63, 3.8) is 0 Å². The molecule has 1 aliphatic rings. The molecule has 0 aliphatic carbocycles. The zero-order valence-corrected chi connectivity index (χ0v) is 9.14. The fraction of sp³-hybridized carbons (Fsp3) is 0.500. The molecule has 2 rings (SSSR count). The largest absolute Gasteiger partial charge is 0.371 e. The Hall–Kier alpha value is -0.930. The number of halogens is 1. The number of hydrogen-bond donors (Lipinski definition) is 1. The molecule has 0 saturated carbocycles. The van der Waals surface area contributed by atoms with Crippen LogP contribution in [0.3, 0.4) is 0 Å². The first kappa shape index (κ1) is 10.6. The van der Waals surface area contributed by atoms with Gasteiger partial charge in [0.05, 0.1) is 12.7 Å². The van der Waals surface area contributed by atoms with Crippen LogP contribution in [0.4, 0.5) is 4.39 Å². The highest BCUT2D eigenvalue weighted by molar-refractivity contribution is 5.33. The fourth-order valence-corrected chi connectivity index (χ4v) is 1.95. The molecule has 0 bridgehead atoms. The highest BCUT2D eigenvalue weighted by Gasteiger charge is 2.18. The van der Waals surface area contributed by atoms with Crippen molar-refractivity contribution in [2.45, 2.75) is 20.0 Å². The van der Waals surface area contributed by atoms with Gasteiger partial charge in [-0.3, -0.25) is 0 Å². The third kappa shape index (κ3) is 2.19. The Kier molecular flexibility index (Phi) is 3.03. The molecule has 1 aromatic carbocycles. The van der Waals surface area contributed by atoms with Crippen molar-refractivity contribution in [2.24, 2.45) is 0 Å². The summed E-state index contributed by atoms with van der Waals surface area (Å²) in [6, 6.07) is 3.48. The van der Waals surface area contributed by atoms with Gasteiger partial charge in [0.1, 0.15) is 5.82 Å². The van der Waals surface area contributed by atoms with Gasteiger partial charge in [-0.15, -0.1) is 0 Å². The van der Waals surface area contributed by atoms with Crippen LogP contribution >= 0.6 is 0 Å². The molecule has 15 heavy (non-hydrogen) atoms. The molecule has 1 heterocycles. The topological polar surface area (TPSA) is 21.3 Å². The van der Waals surface area contributed by atoms with Crippen LogP contribution in [-0.2, 0) is 4.74 Å². The molecule has 1 saturated heterocycles. The molecule has 0 amide bonds. The first-order chi connectivity index (χ1) is 7.18. The molecule has 0 aromatic heterocycles.